The summed E-state index contributed by atoms with van der Waals surface area (Å²) in [6, 6.07) is 0. The average molecular weight is 186 g/mol. The van der Waals surface area contributed by atoms with Crippen molar-refractivity contribution in [2.75, 3.05) is 32.8 Å². The molecule has 1 heterocycles. The van der Waals surface area contributed by atoms with Gasteiger partial charge in [-0.2, -0.15) is 0 Å². The van der Waals surface area contributed by atoms with Crippen molar-refractivity contribution in [1.29, 1.82) is 0 Å². The third-order valence-electron chi connectivity index (χ3n) is 2.35. The molecular weight excluding hydrogens is 168 g/mol. The van der Waals surface area contributed by atoms with Crippen LogP contribution in [-0.2, 0) is 9.53 Å². The van der Waals surface area contributed by atoms with Gasteiger partial charge in [-0.3, -0.25) is 4.79 Å². The lowest BCUT2D eigenvalue weighted by atomic mass is 10.1. The number of rotatable bonds is 4. The Labute approximate surface area is 79.0 Å². The number of carbonyl (C=O) groups excluding carboxylic acids is 1. The van der Waals surface area contributed by atoms with Crippen molar-refractivity contribution in [3.8, 4) is 0 Å². The standard InChI is InChI=1S/C9H18N2O2/c1-8(12)11-4-2-9(6-11)7-13-5-3-10/h9H,2-7,10H2,1H3/t9-/m1/s1. The minimum absolute atomic E-state index is 0.168. The predicted octanol–water partition coefficient (Wildman–Crippen LogP) is -0.170. The van der Waals surface area contributed by atoms with E-state index in [0.717, 1.165) is 26.1 Å². The first-order valence-electron chi connectivity index (χ1n) is 4.77. The van der Waals surface area contributed by atoms with E-state index in [2.05, 4.69) is 0 Å². The Balaban J connectivity index is 2.14. The summed E-state index contributed by atoms with van der Waals surface area (Å²) < 4.78 is 5.33. The molecule has 4 nitrogen and oxygen atoms in total. The van der Waals surface area contributed by atoms with Crippen LogP contribution in [0, 0.1) is 5.92 Å². The van der Waals surface area contributed by atoms with E-state index in [4.69, 9.17) is 10.5 Å². The smallest absolute Gasteiger partial charge is 0.219 e. The zero-order valence-corrected chi connectivity index (χ0v) is 8.16. The summed E-state index contributed by atoms with van der Waals surface area (Å²) in [6.07, 6.45) is 1.06. The van der Waals surface area contributed by atoms with Crippen molar-refractivity contribution in [3.63, 3.8) is 0 Å². The van der Waals surface area contributed by atoms with Gasteiger partial charge >= 0.3 is 0 Å². The lowest BCUT2D eigenvalue weighted by Gasteiger charge is -2.13. The van der Waals surface area contributed by atoms with Crippen molar-refractivity contribution >= 4 is 5.91 Å². The summed E-state index contributed by atoms with van der Waals surface area (Å²) in [7, 11) is 0. The van der Waals surface area contributed by atoms with E-state index in [1.807, 2.05) is 4.90 Å². The molecule has 0 unspecified atom stereocenters. The molecule has 0 bridgehead atoms. The first-order chi connectivity index (χ1) is 6.24. The molecule has 13 heavy (non-hydrogen) atoms. The Bertz CT molecular complexity index is 173. The van der Waals surface area contributed by atoms with Crippen molar-refractivity contribution in [3.05, 3.63) is 0 Å². The summed E-state index contributed by atoms with van der Waals surface area (Å²) >= 11 is 0. The van der Waals surface area contributed by atoms with Gasteiger partial charge in [-0.05, 0) is 6.42 Å². The Morgan fingerprint density at radius 2 is 2.46 bits per heavy atom. The number of nitrogens with zero attached hydrogens (tertiary/aromatic N) is 1. The molecule has 0 spiro atoms. The first-order valence-corrected chi connectivity index (χ1v) is 4.77. The van der Waals surface area contributed by atoms with Crippen LogP contribution < -0.4 is 5.73 Å². The van der Waals surface area contributed by atoms with Gasteiger partial charge in [0.25, 0.3) is 0 Å². The third kappa shape index (κ3) is 3.32. The van der Waals surface area contributed by atoms with Crippen LogP contribution in [0.1, 0.15) is 13.3 Å². The molecule has 76 valence electrons. The molecule has 1 rings (SSSR count). The van der Waals surface area contributed by atoms with Crippen molar-refractivity contribution in [2.24, 2.45) is 11.7 Å². The van der Waals surface area contributed by atoms with E-state index < -0.39 is 0 Å². The number of hydrogen-bond acceptors (Lipinski definition) is 3. The number of likely N-dealkylation sites (tertiary alicyclic amines) is 1. The van der Waals surface area contributed by atoms with Gasteiger partial charge in [-0.1, -0.05) is 0 Å². The summed E-state index contributed by atoms with van der Waals surface area (Å²) in [5.41, 5.74) is 5.30. The van der Waals surface area contributed by atoms with Crippen LogP contribution in [0.25, 0.3) is 0 Å². The van der Waals surface area contributed by atoms with E-state index in [1.165, 1.54) is 0 Å². The molecule has 1 amide bonds. The molecular formula is C9H18N2O2. The Morgan fingerprint density at radius 3 is 3.00 bits per heavy atom. The van der Waals surface area contributed by atoms with E-state index in [9.17, 15) is 4.79 Å². The summed E-state index contributed by atoms with van der Waals surface area (Å²) in [6.45, 7) is 5.27. The normalized spacial score (nSPS) is 22.3. The van der Waals surface area contributed by atoms with E-state index >= 15 is 0 Å². The highest BCUT2D eigenvalue weighted by atomic mass is 16.5. The van der Waals surface area contributed by atoms with Gasteiger partial charge in [0, 0.05) is 32.5 Å². The molecule has 0 aliphatic carbocycles. The maximum atomic E-state index is 11.0. The highest BCUT2D eigenvalue weighted by Crippen LogP contribution is 2.16. The average Bonchev–Trinajstić information content (AvgIpc) is 2.53. The van der Waals surface area contributed by atoms with Gasteiger partial charge in [0.1, 0.15) is 0 Å². The van der Waals surface area contributed by atoms with E-state index in [-0.39, 0.29) is 5.91 Å². The Kier molecular flexibility index (Phi) is 4.18. The van der Waals surface area contributed by atoms with Crippen LogP contribution in [0.4, 0.5) is 0 Å². The van der Waals surface area contributed by atoms with Crippen LogP contribution in [-0.4, -0.2) is 43.7 Å². The fraction of sp³-hybridized carbons (Fsp3) is 0.889. The highest BCUT2D eigenvalue weighted by Gasteiger charge is 2.23. The molecule has 0 radical (unpaired) electrons. The van der Waals surface area contributed by atoms with Crippen LogP contribution in [0.3, 0.4) is 0 Å². The molecule has 0 aromatic rings. The number of nitrogens with two attached hydrogens (primary N) is 1. The number of hydrogen-bond donors (Lipinski definition) is 1. The summed E-state index contributed by atoms with van der Waals surface area (Å²) in [5, 5.41) is 0. The zero-order chi connectivity index (χ0) is 9.68. The third-order valence-corrected chi connectivity index (χ3v) is 2.35. The first kappa shape index (κ1) is 10.5. The van der Waals surface area contributed by atoms with Gasteiger partial charge < -0.3 is 15.4 Å². The molecule has 1 fully saturated rings. The SMILES string of the molecule is CC(=O)N1CC[C@@H](COCCN)C1. The minimum atomic E-state index is 0.168. The fourth-order valence-electron chi connectivity index (χ4n) is 1.59. The second kappa shape index (κ2) is 5.19. The van der Waals surface area contributed by atoms with Crippen molar-refractivity contribution in [2.45, 2.75) is 13.3 Å². The summed E-state index contributed by atoms with van der Waals surface area (Å²) in [5.74, 6) is 0.678. The van der Waals surface area contributed by atoms with Crippen LogP contribution in [0.2, 0.25) is 0 Å². The molecule has 1 aliphatic rings. The van der Waals surface area contributed by atoms with Crippen LogP contribution in [0.15, 0.2) is 0 Å². The molecule has 1 atom stereocenters. The van der Waals surface area contributed by atoms with Crippen LogP contribution in [0.5, 0.6) is 0 Å². The topological polar surface area (TPSA) is 55.6 Å². The number of amides is 1. The fourth-order valence-corrected chi connectivity index (χ4v) is 1.59. The van der Waals surface area contributed by atoms with Gasteiger partial charge in [-0.25, -0.2) is 0 Å². The number of ether oxygens (including phenoxy) is 1. The van der Waals surface area contributed by atoms with Crippen molar-refractivity contribution < 1.29 is 9.53 Å². The maximum absolute atomic E-state index is 11.0. The molecule has 1 aliphatic heterocycles. The van der Waals surface area contributed by atoms with Gasteiger partial charge in [-0.15, -0.1) is 0 Å². The second-order valence-electron chi connectivity index (χ2n) is 3.48. The van der Waals surface area contributed by atoms with E-state index in [0.29, 0.717) is 19.1 Å². The second-order valence-corrected chi connectivity index (χ2v) is 3.48. The monoisotopic (exact) mass is 186 g/mol. The molecule has 0 aromatic carbocycles. The molecule has 0 saturated carbocycles. The van der Waals surface area contributed by atoms with Gasteiger partial charge in [0.05, 0.1) is 13.2 Å². The molecule has 1 saturated heterocycles. The lowest BCUT2D eigenvalue weighted by Crippen LogP contribution is -2.26. The Hall–Kier alpha value is -0.610. The van der Waals surface area contributed by atoms with Crippen LogP contribution >= 0.6 is 0 Å². The molecule has 2 N–H and O–H groups in total. The maximum Gasteiger partial charge on any atom is 0.219 e. The van der Waals surface area contributed by atoms with Gasteiger partial charge in [0.2, 0.25) is 5.91 Å². The van der Waals surface area contributed by atoms with Gasteiger partial charge in [0.15, 0.2) is 0 Å². The molecule has 0 aromatic heterocycles. The lowest BCUT2D eigenvalue weighted by molar-refractivity contribution is -0.127. The van der Waals surface area contributed by atoms with E-state index in [1.54, 1.807) is 6.92 Å². The predicted molar refractivity (Wildman–Crippen MR) is 50.2 cm³/mol. The van der Waals surface area contributed by atoms with Crippen molar-refractivity contribution in [1.82, 2.24) is 4.90 Å². The minimum Gasteiger partial charge on any atom is -0.380 e. The highest BCUT2D eigenvalue weighted by molar-refractivity contribution is 5.73. The quantitative estimate of drug-likeness (QED) is 0.620. The zero-order valence-electron chi connectivity index (χ0n) is 8.16. The Morgan fingerprint density at radius 1 is 1.69 bits per heavy atom. The number of carbonyl (C=O) groups is 1. The molecule has 4 heteroatoms. The summed E-state index contributed by atoms with van der Waals surface area (Å²) in [4.78, 5) is 12.9. The largest absolute Gasteiger partial charge is 0.380 e.